The Labute approximate surface area is 119 Å². The van der Waals surface area contributed by atoms with Crippen LogP contribution in [0.3, 0.4) is 0 Å². The van der Waals surface area contributed by atoms with Gasteiger partial charge >= 0.3 is 0 Å². The zero-order chi connectivity index (χ0) is 12.3. The lowest BCUT2D eigenvalue weighted by Crippen LogP contribution is -2.04. The van der Waals surface area contributed by atoms with Crippen LogP contribution in [0.1, 0.15) is 15.9 Å². The van der Waals surface area contributed by atoms with Crippen molar-refractivity contribution in [3.05, 3.63) is 68.3 Å². The third kappa shape index (κ3) is 3.30. The molecule has 0 saturated carbocycles. The van der Waals surface area contributed by atoms with E-state index in [0.29, 0.717) is 17.0 Å². The molecule has 0 atom stereocenters. The third-order valence-corrected chi connectivity index (χ3v) is 3.78. The minimum Gasteiger partial charge on any atom is -0.294 e. The predicted molar refractivity (Wildman–Crippen MR) is 78.6 cm³/mol. The Morgan fingerprint density at radius 2 is 1.71 bits per heavy atom. The van der Waals surface area contributed by atoms with E-state index in [2.05, 4.69) is 22.6 Å². The quantitative estimate of drug-likeness (QED) is 0.589. The fraction of sp³-hybridized carbons (Fsp3) is 0.0714. The van der Waals surface area contributed by atoms with Crippen LogP contribution < -0.4 is 0 Å². The van der Waals surface area contributed by atoms with Gasteiger partial charge in [-0.3, -0.25) is 4.79 Å². The maximum absolute atomic E-state index is 12.0. The summed E-state index contributed by atoms with van der Waals surface area (Å²) in [7, 11) is 0. The highest BCUT2D eigenvalue weighted by atomic mass is 127. The van der Waals surface area contributed by atoms with Gasteiger partial charge < -0.3 is 0 Å². The second kappa shape index (κ2) is 5.65. The van der Waals surface area contributed by atoms with Crippen LogP contribution in [-0.2, 0) is 6.42 Å². The van der Waals surface area contributed by atoms with E-state index in [-0.39, 0.29) is 5.78 Å². The van der Waals surface area contributed by atoms with Crippen LogP contribution in [-0.4, -0.2) is 5.78 Å². The number of carbonyl (C=O) groups is 1. The molecule has 0 aromatic heterocycles. The fourth-order valence-electron chi connectivity index (χ4n) is 1.55. The van der Waals surface area contributed by atoms with Crippen molar-refractivity contribution in [1.29, 1.82) is 0 Å². The van der Waals surface area contributed by atoms with Gasteiger partial charge in [-0.2, -0.15) is 0 Å². The molecule has 0 aliphatic rings. The van der Waals surface area contributed by atoms with Crippen LogP contribution in [0.4, 0.5) is 0 Å². The molecule has 86 valence electrons. The molecule has 0 N–H and O–H groups in total. The largest absolute Gasteiger partial charge is 0.294 e. The highest BCUT2D eigenvalue weighted by Crippen LogP contribution is 2.16. The molecule has 2 aromatic carbocycles. The summed E-state index contributed by atoms with van der Waals surface area (Å²) >= 11 is 8.03. The third-order valence-electron chi connectivity index (χ3n) is 2.48. The number of benzene rings is 2. The van der Waals surface area contributed by atoms with Gasteiger partial charge in [0.05, 0.1) is 0 Å². The summed E-state index contributed by atoms with van der Waals surface area (Å²) in [4.78, 5) is 12.0. The number of ketones is 1. The molecule has 0 aliphatic carbocycles. The van der Waals surface area contributed by atoms with Gasteiger partial charge in [-0.1, -0.05) is 29.8 Å². The van der Waals surface area contributed by atoms with Gasteiger partial charge in [-0.15, -0.1) is 0 Å². The Kier molecular flexibility index (Phi) is 4.18. The van der Waals surface area contributed by atoms with E-state index in [1.807, 2.05) is 24.3 Å². The Morgan fingerprint density at radius 1 is 1.06 bits per heavy atom. The van der Waals surface area contributed by atoms with Gasteiger partial charge in [-0.05, 0) is 58.5 Å². The molecule has 2 aromatic rings. The van der Waals surface area contributed by atoms with Crippen LogP contribution in [0.5, 0.6) is 0 Å². The number of hydrogen-bond acceptors (Lipinski definition) is 1. The SMILES string of the molecule is O=C(Cc1ccccc1I)c1ccc(Cl)cc1. The zero-order valence-electron chi connectivity index (χ0n) is 8.99. The summed E-state index contributed by atoms with van der Waals surface area (Å²) in [5.74, 6) is 0.116. The molecule has 0 bridgehead atoms. The molecular weight excluding hydrogens is 347 g/mol. The van der Waals surface area contributed by atoms with Crippen LogP contribution >= 0.6 is 34.2 Å². The van der Waals surface area contributed by atoms with Crippen LogP contribution in [0, 0.1) is 3.57 Å². The van der Waals surface area contributed by atoms with Crippen LogP contribution in [0.25, 0.3) is 0 Å². The average molecular weight is 357 g/mol. The zero-order valence-corrected chi connectivity index (χ0v) is 11.9. The van der Waals surface area contributed by atoms with Crippen molar-refractivity contribution in [1.82, 2.24) is 0 Å². The minimum atomic E-state index is 0.116. The number of rotatable bonds is 3. The first kappa shape index (κ1) is 12.6. The number of carbonyl (C=O) groups excluding carboxylic acids is 1. The number of hydrogen-bond donors (Lipinski definition) is 0. The van der Waals surface area contributed by atoms with Gasteiger partial charge in [0.15, 0.2) is 5.78 Å². The maximum atomic E-state index is 12.0. The normalized spacial score (nSPS) is 10.2. The molecule has 0 fully saturated rings. The topological polar surface area (TPSA) is 17.1 Å². The summed E-state index contributed by atoms with van der Waals surface area (Å²) in [6, 6.07) is 14.9. The molecule has 2 rings (SSSR count). The molecule has 1 nitrogen and oxygen atoms in total. The monoisotopic (exact) mass is 356 g/mol. The minimum absolute atomic E-state index is 0.116. The first-order valence-corrected chi connectivity index (χ1v) is 6.64. The van der Waals surface area contributed by atoms with E-state index in [4.69, 9.17) is 11.6 Å². The standard InChI is InChI=1S/C14H10ClIO/c15-12-7-5-10(6-8-12)14(17)9-11-3-1-2-4-13(11)16/h1-8H,9H2. The summed E-state index contributed by atoms with van der Waals surface area (Å²) < 4.78 is 1.12. The molecule has 17 heavy (non-hydrogen) atoms. The van der Waals surface area contributed by atoms with E-state index in [1.165, 1.54) is 0 Å². The lowest BCUT2D eigenvalue weighted by molar-refractivity contribution is 0.0993. The summed E-state index contributed by atoms with van der Waals surface area (Å²) in [6.45, 7) is 0. The lowest BCUT2D eigenvalue weighted by Gasteiger charge is -2.04. The van der Waals surface area contributed by atoms with Crippen molar-refractivity contribution >= 4 is 40.0 Å². The second-order valence-electron chi connectivity index (χ2n) is 3.70. The van der Waals surface area contributed by atoms with Crippen molar-refractivity contribution in [2.75, 3.05) is 0 Å². The van der Waals surface area contributed by atoms with Crippen molar-refractivity contribution < 1.29 is 4.79 Å². The molecule has 0 amide bonds. The first-order chi connectivity index (χ1) is 8.16. The molecule has 0 aliphatic heterocycles. The van der Waals surface area contributed by atoms with E-state index >= 15 is 0 Å². The Balaban J connectivity index is 2.17. The van der Waals surface area contributed by atoms with Crippen molar-refractivity contribution in [2.45, 2.75) is 6.42 Å². The Bertz CT molecular complexity index is 534. The van der Waals surface area contributed by atoms with Gasteiger partial charge in [0.1, 0.15) is 0 Å². The van der Waals surface area contributed by atoms with E-state index in [0.717, 1.165) is 9.13 Å². The second-order valence-corrected chi connectivity index (χ2v) is 5.30. The fourth-order valence-corrected chi connectivity index (χ4v) is 2.26. The molecule has 3 heteroatoms. The smallest absolute Gasteiger partial charge is 0.167 e. The van der Waals surface area contributed by atoms with Crippen molar-refractivity contribution in [3.8, 4) is 0 Å². The average Bonchev–Trinajstić information content (AvgIpc) is 2.33. The maximum Gasteiger partial charge on any atom is 0.167 e. The van der Waals surface area contributed by atoms with Crippen molar-refractivity contribution in [2.24, 2.45) is 0 Å². The molecule has 0 spiro atoms. The molecule has 0 unspecified atom stereocenters. The predicted octanol–water partition coefficient (Wildman–Crippen LogP) is 4.37. The summed E-state index contributed by atoms with van der Waals surface area (Å²) in [5.41, 5.74) is 1.77. The molecular formula is C14H10ClIO. The molecule has 0 heterocycles. The Hall–Kier alpha value is -0.870. The number of halogens is 2. The van der Waals surface area contributed by atoms with Gasteiger partial charge in [0.2, 0.25) is 0 Å². The highest BCUT2D eigenvalue weighted by Gasteiger charge is 2.08. The van der Waals surface area contributed by atoms with Gasteiger partial charge in [-0.25, -0.2) is 0 Å². The molecule has 0 saturated heterocycles. The lowest BCUT2D eigenvalue weighted by atomic mass is 10.0. The molecule has 0 radical (unpaired) electrons. The van der Waals surface area contributed by atoms with Gasteiger partial charge in [0.25, 0.3) is 0 Å². The Morgan fingerprint density at radius 3 is 2.35 bits per heavy atom. The van der Waals surface area contributed by atoms with E-state index in [9.17, 15) is 4.79 Å². The van der Waals surface area contributed by atoms with Crippen LogP contribution in [0.15, 0.2) is 48.5 Å². The van der Waals surface area contributed by atoms with E-state index < -0.39 is 0 Å². The highest BCUT2D eigenvalue weighted by molar-refractivity contribution is 14.1. The van der Waals surface area contributed by atoms with Gasteiger partial charge in [0, 0.05) is 20.6 Å². The first-order valence-electron chi connectivity index (χ1n) is 5.19. The van der Waals surface area contributed by atoms with Crippen molar-refractivity contribution in [3.63, 3.8) is 0 Å². The summed E-state index contributed by atoms with van der Waals surface area (Å²) in [6.07, 6.45) is 0.431. The summed E-state index contributed by atoms with van der Waals surface area (Å²) in [5, 5.41) is 0.649. The van der Waals surface area contributed by atoms with E-state index in [1.54, 1.807) is 24.3 Å². The number of Topliss-reactive ketones (excluding diaryl/α,β-unsaturated/α-hetero) is 1. The van der Waals surface area contributed by atoms with Crippen LogP contribution in [0.2, 0.25) is 5.02 Å².